The highest BCUT2D eigenvalue weighted by atomic mass is 15.2. The number of anilines is 1. The monoisotopic (exact) mass is 206 g/mol. The van der Waals surface area contributed by atoms with Gasteiger partial charge >= 0.3 is 0 Å². The highest BCUT2D eigenvalue weighted by Gasteiger charge is 2.14. The van der Waals surface area contributed by atoms with Crippen LogP contribution in [0, 0.1) is 13.8 Å². The van der Waals surface area contributed by atoms with E-state index in [-0.39, 0.29) is 0 Å². The number of para-hydroxylation sites is 1. The van der Waals surface area contributed by atoms with Crippen molar-refractivity contribution < 1.29 is 0 Å². The molecule has 0 aromatic heterocycles. The van der Waals surface area contributed by atoms with Crippen LogP contribution >= 0.6 is 0 Å². The van der Waals surface area contributed by atoms with E-state index in [9.17, 15) is 0 Å². The molecule has 1 aromatic rings. The molecule has 1 unspecified atom stereocenters. The van der Waals surface area contributed by atoms with Crippen LogP contribution in [0.25, 0.3) is 0 Å². The Bertz CT molecular complexity index is 300. The molecule has 2 N–H and O–H groups in total. The van der Waals surface area contributed by atoms with Crippen molar-refractivity contribution in [2.24, 2.45) is 5.73 Å². The van der Waals surface area contributed by atoms with E-state index in [0.717, 1.165) is 6.54 Å². The first-order valence-corrected chi connectivity index (χ1v) is 5.64. The van der Waals surface area contributed by atoms with Crippen LogP contribution in [0.4, 0.5) is 5.69 Å². The summed E-state index contributed by atoms with van der Waals surface area (Å²) in [4.78, 5) is 2.38. The van der Waals surface area contributed by atoms with Gasteiger partial charge in [-0.3, -0.25) is 0 Å². The Labute approximate surface area is 93.1 Å². The summed E-state index contributed by atoms with van der Waals surface area (Å²) in [5.41, 5.74) is 9.75. The van der Waals surface area contributed by atoms with Gasteiger partial charge in [-0.1, -0.05) is 18.2 Å². The van der Waals surface area contributed by atoms with Gasteiger partial charge in [-0.15, -0.1) is 0 Å². The van der Waals surface area contributed by atoms with E-state index in [1.165, 1.54) is 16.8 Å². The molecule has 0 bridgehead atoms. The van der Waals surface area contributed by atoms with Crippen LogP contribution in [0.5, 0.6) is 0 Å². The van der Waals surface area contributed by atoms with Gasteiger partial charge in [0.2, 0.25) is 0 Å². The van der Waals surface area contributed by atoms with Crippen molar-refractivity contribution in [3.63, 3.8) is 0 Å². The standard InChI is InChI=1S/C13H22N2/c1-5-15(12(4)9-14)13-10(2)7-6-8-11(13)3/h6-8,12H,5,9,14H2,1-4H3. The minimum atomic E-state index is 0.398. The van der Waals surface area contributed by atoms with Crippen molar-refractivity contribution in [1.82, 2.24) is 0 Å². The third-order valence-corrected chi connectivity index (χ3v) is 2.94. The summed E-state index contributed by atoms with van der Waals surface area (Å²) in [5, 5.41) is 0. The number of aryl methyl sites for hydroxylation is 2. The van der Waals surface area contributed by atoms with Crippen LogP contribution in [0.1, 0.15) is 25.0 Å². The maximum atomic E-state index is 5.74. The summed E-state index contributed by atoms with van der Waals surface area (Å²) in [6.45, 7) is 10.4. The summed E-state index contributed by atoms with van der Waals surface area (Å²) in [7, 11) is 0. The summed E-state index contributed by atoms with van der Waals surface area (Å²) in [5.74, 6) is 0. The van der Waals surface area contributed by atoms with Crippen molar-refractivity contribution in [1.29, 1.82) is 0 Å². The van der Waals surface area contributed by atoms with Crippen molar-refractivity contribution in [2.45, 2.75) is 33.7 Å². The van der Waals surface area contributed by atoms with Gasteiger partial charge < -0.3 is 10.6 Å². The number of hydrogen-bond donors (Lipinski definition) is 1. The molecule has 0 aliphatic carbocycles. The molecule has 2 heteroatoms. The topological polar surface area (TPSA) is 29.3 Å². The van der Waals surface area contributed by atoms with Gasteiger partial charge in [0.1, 0.15) is 0 Å². The number of benzene rings is 1. The van der Waals surface area contributed by atoms with Crippen LogP contribution in [0.15, 0.2) is 18.2 Å². The fourth-order valence-electron chi connectivity index (χ4n) is 2.08. The second kappa shape index (κ2) is 5.17. The van der Waals surface area contributed by atoms with E-state index in [4.69, 9.17) is 5.73 Å². The lowest BCUT2D eigenvalue weighted by atomic mass is 10.1. The molecular formula is C13H22N2. The Morgan fingerprint density at radius 3 is 2.20 bits per heavy atom. The van der Waals surface area contributed by atoms with Gasteiger partial charge in [-0.05, 0) is 38.8 Å². The summed E-state index contributed by atoms with van der Waals surface area (Å²) in [6.07, 6.45) is 0. The van der Waals surface area contributed by atoms with Crippen molar-refractivity contribution in [3.05, 3.63) is 29.3 Å². The molecule has 0 saturated heterocycles. The maximum Gasteiger partial charge on any atom is 0.0428 e. The Hall–Kier alpha value is -1.02. The summed E-state index contributed by atoms with van der Waals surface area (Å²) >= 11 is 0. The number of hydrogen-bond acceptors (Lipinski definition) is 2. The average molecular weight is 206 g/mol. The van der Waals surface area contributed by atoms with E-state index in [1.807, 2.05) is 0 Å². The van der Waals surface area contributed by atoms with Gasteiger partial charge in [-0.2, -0.15) is 0 Å². The van der Waals surface area contributed by atoms with Gasteiger partial charge in [0, 0.05) is 24.8 Å². The first-order chi connectivity index (χ1) is 7.11. The van der Waals surface area contributed by atoms with E-state index < -0.39 is 0 Å². The molecule has 0 spiro atoms. The molecule has 1 aromatic carbocycles. The first-order valence-electron chi connectivity index (χ1n) is 5.64. The largest absolute Gasteiger partial charge is 0.367 e. The molecule has 15 heavy (non-hydrogen) atoms. The molecule has 0 fully saturated rings. The molecular weight excluding hydrogens is 184 g/mol. The van der Waals surface area contributed by atoms with Gasteiger partial charge in [0.05, 0.1) is 0 Å². The first kappa shape index (κ1) is 12.1. The fraction of sp³-hybridized carbons (Fsp3) is 0.538. The third kappa shape index (κ3) is 2.51. The number of rotatable bonds is 4. The minimum absolute atomic E-state index is 0.398. The number of nitrogens with two attached hydrogens (primary N) is 1. The molecule has 0 aliphatic heterocycles. The number of nitrogens with zero attached hydrogens (tertiary/aromatic N) is 1. The quantitative estimate of drug-likeness (QED) is 0.820. The Morgan fingerprint density at radius 2 is 1.80 bits per heavy atom. The molecule has 0 radical (unpaired) electrons. The van der Waals surface area contributed by atoms with Gasteiger partial charge in [-0.25, -0.2) is 0 Å². The summed E-state index contributed by atoms with van der Waals surface area (Å²) in [6, 6.07) is 6.83. The zero-order valence-corrected chi connectivity index (χ0v) is 10.2. The lowest BCUT2D eigenvalue weighted by molar-refractivity contribution is 0.654. The molecule has 0 saturated carbocycles. The third-order valence-electron chi connectivity index (χ3n) is 2.94. The lowest BCUT2D eigenvalue weighted by Gasteiger charge is -2.32. The predicted molar refractivity (Wildman–Crippen MR) is 67.5 cm³/mol. The molecule has 1 rings (SSSR count). The minimum Gasteiger partial charge on any atom is -0.367 e. The van der Waals surface area contributed by atoms with Gasteiger partial charge in [0.15, 0.2) is 0 Å². The molecule has 2 nitrogen and oxygen atoms in total. The maximum absolute atomic E-state index is 5.74. The van der Waals surface area contributed by atoms with E-state index in [2.05, 4.69) is 50.8 Å². The smallest absolute Gasteiger partial charge is 0.0428 e. The van der Waals surface area contributed by atoms with E-state index >= 15 is 0 Å². The van der Waals surface area contributed by atoms with Crippen LogP contribution in [-0.2, 0) is 0 Å². The van der Waals surface area contributed by atoms with Crippen LogP contribution in [0.3, 0.4) is 0 Å². The van der Waals surface area contributed by atoms with Crippen LogP contribution in [0.2, 0.25) is 0 Å². The lowest BCUT2D eigenvalue weighted by Crippen LogP contribution is -2.39. The van der Waals surface area contributed by atoms with Crippen LogP contribution < -0.4 is 10.6 Å². The Balaban J connectivity index is 3.11. The highest BCUT2D eigenvalue weighted by Crippen LogP contribution is 2.25. The van der Waals surface area contributed by atoms with Crippen molar-refractivity contribution in [3.8, 4) is 0 Å². The highest BCUT2D eigenvalue weighted by molar-refractivity contribution is 5.59. The van der Waals surface area contributed by atoms with Crippen molar-refractivity contribution >= 4 is 5.69 Å². The number of likely N-dealkylation sites (N-methyl/N-ethyl adjacent to an activating group) is 1. The zero-order chi connectivity index (χ0) is 11.4. The predicted octanol–water partition coefficient (Wildman–Crippen LogP) is 2.48. The molecule has 84 valence electrons. The second-order valence-electron chi connectivity index (χ2n) is 4.11. The average Bonchev–Trinajstić information content (AvgIpc) is 2.22. The SMILES string of the molecule is CCN(c1c(C)cccc1C)C(C)CN. The normalized spacial score (nSPS) is 12.6. The van der Waals surface area contributed by atoms with Crippen molar-refractivity contribution in [2.75, 3.05) is 18.0 Å². The molecule has 0 heterocycles. The van der Waals surface area contributed by atoms with Crippen LogP contribution in [-0.4, -0.2) is 19.1 Å². The summed E-state index contributed by atoms with van der Waals surface area (Å²) < 4.78 is 0. The Kier molecular flexibility index (Phi) is 4.15. The second-order valence-corrected chi connectivity index (χ2v) is 4.11. The molecule has 1 atom stereocenters. The zero-order valence-electron chi connectivity index (χ0n) is 10.2. The van der Waals surface area contributed by atoms with Gasteiger partial charge in [0.25, 0.3) is 0 Å². The fourth-order valence-corrected chi connectivity index (χ4v) is 2.08. The van der Waals surface area contributed by atoms with E-state index in [0.29, 0.717) is 12.6 Å². The Morgan fingerprint density at radius 1 is 1.27 bits per heavy atom. The molecule has 0 aliphatic rings. The van der Waals surface area contributed by atoms with E-state index in [1.54, 1.807) is 0 Å². The molecule has 0 amide bonds.